The predicted octanol–water partition coefficient (Wildman–Crippen LogP) is 1.37. The van der Waals surface area contributed by atoms with Crippen LogP contribution in [-0.2, 0) is 9.59 Å². The van der Waals surface area contributed by atoms with E-state index in [4.69, 9.17) is 5.11 Å². The lowest BCUT2D eigenvalue weighted by atomic mass is 10.1. The number of amides is 1. The molecule has 0 aromatic heterocycles. The van der Waals surface area contributed by atoms with Crippen molar-refractivity contribution in [3.05, 3.63) is 34.4 Å². The summed E-state index contributed by atoms with van der Waals surface area (Å²) < 4.78 is 0. The first kappa shape index (κ1) is 16.6. The summed E-state index contributed by atoms with van der Waals surface area (Å²) >= 11 is 0. The third-order valence-electron chi connectivity index (χ3n) is 2.58. The number of benzene rings is 1. The van der Waals surface area contributed by atoms with Crippen LogP contribution in [-0.4, -0.2) is 34.0 Å². The second-order valence-corrected chi connectivity index (χ2v) is 4.77. The predicted molar refractivity (Wildman–Crippen MR) is 76.0 cm³/mol. The van der Waals surface area contributed by atoms with E-state index in [0.29, 0.717) is 5.69 Å². The van der Waals surface area contributed by atoms with Gasteiger partial charge in [0, 0.05) is 23.9 Å². The summed E-state index contributed by atoms with van der Waals surface area (Å²) in [5, 5.41) is 24.8. The number of nitro groups is 1. The molecule has 1 rings (SSSR count). The summed E-state index contributed by atoms with van der Waals surface area (Å²) in [6.07, 6.45) is -0.232. The molecule has 0 aliphatic carbocycles. The van der Waals surface area contributed by atoms with E-state index in [0.717, 1.165) is 0 Å². The van der Waals surface area contributed by atoms with Crippen molar-refractivity contribution >= 4 is 23.3 Å². The van der Waals surface area contributed by atoms with Crippen molar-refractivity contribution in [3.8, 4) is 0 Å². The van der Waals surface area contributed by atoms with Gasteiger partial charge < -0.3 is 15.7 Å². The zero-order valence-electron chi connectivity index (χ0n) is 11.7. The van der Waals surface area contributed by atoms with Crippen LogP contribution in [0.5, 0.6) is 0 Å². The number of nitrogens with one attached hydrogen (secondary N) is 2. The number of carboxylic acid groups (broad SMARTS) is 1. The Morgan fingerprint density at radius 2 is 1.86 bits per heavy atom. The van der Waals surface area contributed by atoms with E-state index in [1.54, 1.807) is 13.8 Å². The fourth-order valence-corrected chi connectivity index (χ4v) is 1.68. The zero-order chi connectivity index (χ0) is 16.0. The molecule has 1 amide bonds. The normalized spacial score (nSPS) is 12.0. The number of carbonyl (C=O) groups is 2. The van der Waals surface area contributed by atoms with Gasteiger partial charge in [-0.15, -0.1) is 0 Å². The first-order valence-corrected chi connectivity index (χ1v) is 6.32. The van der Waals surface area contributed by atoms with Crippen molar-refractivity contribution in [1.82, 2.24) is 5.32 Å². The van der Waals surface area contributed by atoms with Crippen LogP contribution in [0.1, 0.15) is 20.3 Å². The maximum atomic E-state index is 11.8. The van der Waals surface area contributed by atoms with Crippen LogP contribution < -0.4 is 10.6 Å². The molecule has 0 aliphatic heterocycles. The Hall–Kier alpha value is -2.48. The molecule has 8 nitrogen and oxygen atoms in total. The Labute approximate surface area is 121 Å². The molecule has 0 fully saturated rings. The van der Waals surface area contributed by atoms with Crippen LogP contribution in [0.3, 0.4) is 0 Å². The standard InChI is InChI=1S/C13H17N3O5/c1-8(2)14-11(13(18)19)7-12(17)15-9-3-5-10(6-4-9)16(20)21/h3-6,8,11,14H,7H2,1-2H3,(H,15,17)(H,18,19). The molecular weight excluding hydrogens is 278 g/mol. The van der Waals surface area contributed by atoms with Crippen LogP contribution in [0.25, 0.3) is 0 Å². The highest BCUT2D eigenvalue weighted by Crippen LogP contribution is 2.15. The van der Waals surface area contributed by atoms with E-state index in [9.17, 15) is 19.7 Å². The molecule has 0 saturated carbocycles. The number of hydrogen-bond acceptors (Lipinski definition) is 5. The van der Waals surface area contributed by atoms with Crippen LogP contribution in [0.15, 0.2) is 24.3 Å². The number of aliphatic carboxylic acids is 1. The summed E-state index contributed by atoms with van der Waals surface area (Å²) in [4.78, 5) is 32.8. The second kappa shape index (κ2) is 7.34. The first-order valence-electron chi connectivity index (χ1n) is 6.32. The Morgan fingerprint density at radius 1 is 1.29 bits per heavy atom. The summed E-state index contributed by atoms with van der Waals surface area (Å²) in [6.45, 7) is 3.56. The van der Waals surface area contributed by atoms with E-state index >= 15 is 0 Å². The van der Waals surface area contributed by atoms with Crippen molar-refractivity contribution in [1.29, 1.82) is 0 Å². The van der Waals surface area contributed by atoms with Gasteiger partial charge in [0.15, 0.2) is 0 Å². The molecule has 1 aromatic carbocycles. The monoisotopic (exact) mass is 295 g/mol. The smallest absolute Gasteiger partial charge is 0.321 e. The topological polar surface area (TPSA) is 122 Å². The van der Waals surface area contributed by atoms with Gasteiger partial charge >= 0.3 is 5.97 Å². The molecule has 21 heavy (non-hydrogen) atoms. The number of anilines is 1. The molecule has 3 N–H and O–H groups in total. The fraction of sp³-hybridized carbons (Fsp3) is 0.385. The molecule has 1 aromatic rings. The molecule has 0 aliphatic rings. The summed E-state index contributed by atoms with van der Waals surface area (Å²) in [7, 11) is 0. The largest absolute Gasteiger partial charge is 0.480 e. The Morgan fingerprint density at radius 3 is 2.29 bits per heavy atom. The number of nitro benzene ring substituents is 1. The highest BCUT2D eigenvalue weighted by Gasteiger charge is 2.21. The minimum Gasteiger partial charge on any atom is -0.480 e. The van der Waals surface area contributed by atoms with Crippen LogP contribution in [0, 0.1) is 10.1 Å². The highest BCUT2D eigenvalue weighted by atomic mass is 16.6. The number of carbonyl (C=O) groups excluding carboxylic acids is 1. The Balaban J connectivity index is 2.63. The molecule has 0 radical (unpaired) electrons. The number of hydrogen-bond donors (Lipinski definition) is 3. The van der Waals surface area contributed by atoms with E-state index in [1.165, 1.54) is 24.3 Å². The fourth-order valence-electron chi connectivity index (χ4n) is 1.68. The van der Waals surface area contributed by atoms with Gasteiger partial charge in [0.2, 0.25) is 5.91 Å². The average molecular weight is 295 g/mol. The molecular formula is C13H17N3O5. The van der Waals surface area contributed by atoms with Crippen LogP contribution >= 0.6 is 0 Å². The van der Waals surface area contributed by atoms with Gasteiger partial charge in [-0.25, -0.2) is 0 Å². The van der Waals surface area contributed by atoms with Gasteiger partial charge in [-0.1, -0.05) is 13.8 Å². The van der Waals surface area contributed by atoms with E-state index in [1.807, 2.05) is 0 Å². The Kier molecular flexibility index (Phi) is 5.79. The van der Waals surface area contributed by atoms with Gasteiger partial charge in [-0.05, 0) is 12.1 Å². The van der Waals surface area contributed by atoms with Crippen molar-refractivity contribution in [2.24, 2.45) is 0 Å². The number of nitrogens with zero attached hydrogens (tertiary/aromatic N) is 1. The summed E-state index contributed by atoms with van der Waals surface area (Å²) in [5.74, 6) is -1.59. The molecule has 0 bridgehead atoms. The van der Waals surface area contributed by atoms with Gasteiger partial charge in [-0.2, -0.15) is 0 Å². The Bertz CT molecular complexity index is 527. The second-order valence-electron chi connectivity index (χ2n) is 4.77. The maximum Gasteiger partial charge on any atom is 0.321 e. The van der Waals surface area contributed by atoms with Gasteiger partial charge in [-0.3, -0.25) is 19.7 Å². The van der Waals surface area contributed by atoms with Gasteiger partial charge in [0.05, 0.1) is 11.3 Å². The van der Waals surface area contributed by atoms with Crippen LogP contribution in [0.4, 0.5) is 11.4 Å². The lowest BCUT2D eigenvalue weighted by Crippen LogP contribution is -2.43. The third-order valence-corrected chi connectivity index (χ3v) is 2.58. The molecule has 1 atom stereocenters. The van der Waals surface area contributed by atoms with Crippen molar-refractivity contribution in [3.63, 3.8) is 0 Å². The number of rotatable bonds is 7. The minimum absolute atomic E-state index is 0.0710. The third kappa shape index (κ3) is 5.57. The van der Waals surface area contributed by atoms with Crippen molar-refractivity contribution < 1.29 is 19.6 Å². The minimum atomic E-state index is -1.11. The molecule has 0 spiro atoms. The maximum absolute atomic E-state index is 11.8. The van der Waals surface area contributed by atoms with E-state index in [2.05, 4.69) is 10.6 Å². The van der Waals surface area contributed by atoms with Crippen molar-refractivity contribution in [2.45, 2.75) is 32.4 Å². The summed E-state index contributed by atoms with van der Waals surface area (Å²) in [5.41, 5.74) is 0.289. The van der Waals surface area contributed by atoms with Gasteiger partial charge in [0.1, 0.15) is 6.04 Å². The highest BCUT2D eigenvalue weighted by molar-refractivity contribution is 5.94. The molecule has 0 heterocycles. The lowest BCUT2D eigenvalue weighted by molar-refractivity contribution is -0.384. The van der Waals surface area contributed by atoms with E-state index < -0.39 is 22.8 Å². The van der Waals surface area contributed by atoms with Crippen LogP contribution in [0.2, 0.25) is 0 Å². The molecule has 8 heteroatoms. The lowest BCUT2D eigenvalue weighted by Gasteiger charge is -2.16. The number of carboxylic acids is 1. The van der Waals surface area contributed by atoms with Gasteiger partial charge in [0.25, 0.3) is 5.69 Å². The molecule has 114 valence electrons. The zero-order valence-corrected chi connectivity index (χ0v) is 11.7. The van der Waals surface area contributed by atoms with Crippen molar-refractivity contribution in [2.75, 3.05) is 5.32 Å². The molecule has 0 saturated heterocycles. The SMILES string of the molecule is CC(C)NC(CC(=O)Nc1ccc([N+](=O)[O-])cc1)C(=O)O. The quantitative estimate of drug-likeness (QED) is 0.516. The first-order chi connectivity index (χ1) is 9.79. The number of non-ortho nitro benzene ring substituents is 1. The summed E-state index contributed by atoms with van der Waals surface area (Å²) in [6, 6.07) is 4.25. The average Bonchev–Trinajstić information content (AvgIpc) is 2.37. The van der Waals surface area contributed by atoms with E-state index in [-0.39, 0.29) is 18.2 Å². The molecule has 1 unspecified atom stereocenters.